The minimum absolute atomic E-state index is 1.14. The number of halogens is 1. The standard InChI is InChI=1S/C15H15Br.3C7H8.C2H6/c1-10-4-6-14(11(2)8-10)15-7-5-13(16)9-12(15)3;3*1-7-5-3-2-4-6-7;1-2/h4-9H,1-3H3;3*2-6H,1H3;1-2H3. The highest BCUT2D eigenvalue weighted by molar-refractivity contribution is 9.10. The largest absolute Gasteiger partial charge is 0.0683 e. The number of benzene rings is 5. The van der Waals surface area contributed by atoms with Crippen LogP contribution in [0.5, 0.6) is 0 Å². The van der Waals surface area contributed by atoms with Crippen molar-refractivity contribution in [3.05, 3.63) is 165 Å². The van der Waals surface area contributed by atoms with Gasteiger partial charge in [0.25, 0.3) is 0 Å². The number of hydrogen-bond acceptors (Lipinski definition) is 0. The molecule has 0 amide bonds. The zero-order valence-corrected chi connectivity index (χ0v) is 26.6. The molecule has 0 heterocycles. The first kappa shape index (κ1) is 33.6. The van der Waals surface area contributed by atoms with Crippen molar-refractivity contribution >= 4 is 15.9 Å². The third-order valence-corrected chi connectivity index (χ3v) is 6.18. The Morgan fingerprint density at radius 1 is 0.359 bits per heavy atom. The molecule has 0 aliphatic carbocycles. The summed E-state index contributed by atoms with van der Waals surface area (Å²) in [6.45, 7) is 16.7. The van der Waals surface area contributed by atoms with Crippen molar-refractivity contribution in [3.63, 3.8) is 0 Å². The van der Waals surface area contributed by atoms with E-state index in [1.165, 1.54) is 44.5 Å². The molecule has 0 N–H and O–H groups in total. The molecule has 0 unspecified atom stereocenters. The van der Waals surface area contributed by atoms with Crippen LogP contribution in [0.3, 0.4) is 0 Å². The predicted molar refractivity (Wildman–Crippen MR) is 179 cm³/mol. The molecule has 0 radical (unpaired) electrons. The molecule has 0 bridgehead atoms. The van der Waals surface area contributed by atoms with Crippen LogP contribution >= 0.6 is 15.9 Å². The molecule has 0 aliphatic rings. The first-order valence-electron chi connectivity index (χ1n) is 13.6. The van der Waals surface area contributed by atoms with Gasteiger partial charge in [0.1, 0.15) is 0 Å². The molecule has 0 atom stereocenters. The van der Waals surface area contributed by atoms with E-state index in [0.717, 1.165) is 4.47 Å². The van der Waals surface area contributed by atoms with Gasteiger partial charge in [-0.05, 0) is 75.9 Å². The van der Waals surface area contributed by atoms with Crippen LogP contribution in [0, 0.1) is 41.5 Å². The summed E-state index contributed by atoms with van der Waals surface area (Å²) in [5.74, 6) is 0. The average Bonchev–Trinajstić information content (AvgIpc) is 2.93. The Labute approximate surface area is 246 Å². The van der Waals surface area contributed by atoms with Crippen LogP contribution in [-0.4, -0.2) is 0 Å². The van der Waals surface area contributed by atoms with Gasteiger partial charge in [-0.3, -0.25) is 0 Å². The maximum Gasteiger partial charge on any atom is 0.0178 e. The second-order valence-electron chi connectivity index (χ2n) is 9.24. The number of hydrogen-bond donors (Lipinski definition) is 0. The monoisotopic (exact) mass is 580 g/mol. The van der Waals surface area contributed by atoms with Crippen molar-refractivity contribution in [2.45, 2.75) is 55.4 Å². The maximum absolute atomic E-state index is 3.50. The zero-order valence-electron chi connectivity index (χ0n) is 25.0. The predicted octanol–water partition coefficient (Wildman–Crippen LogP) is 12.1. The smallest absolute Gasteiger partial charge is 0.0178 e. The van der Waals surface area contributed by atoms with Crippen molar-refractivity contribution in [1.82, 2.24) is 0 Å². The molecule has 5 rings (SSSR count). The summed E-state index contributed by atoms with van der Waals surface area (Å²) >= 11 is 3.50. The summed E-state index contributed by atoms with van der Waals surface area (Å²) < 4.78 is 1.14. The van der Waals surface area contributed by atoms with E-state index in [1.54, 1.807) is 0 Å². The summed E-state index contributed by atoms with van der Waals surface area (Å²) in [5.41, 5.74) is 10.6. The Bertz CT molecular complexity index is 1170. The summed E-state index contributed by atoms with van der Waals surface area (Å²) in [4.78, 5) is 0. The third-order valence-electron chi connectivity index (χ3n) is 5.68. The molecule has 0 spiro atoms. The minimum Gasteiger partial charge on any atom is -0.0683 e. The van der Waals surface area contributed by atoms with Crippen LogP contribution in [0.2, 0.25) is 0 Å². The quantitative estimate of drug-likeness (QED) is 0.185. The van der Waals surface area contributed by atoms with E-state index in [1.807, 2.05) is 68.4 Å². The number of rotatable bonds is 1. The normalized spacial score (nSPS) is 9.15. The molecular formula is C38H45Br. The lowest BCUT2D eigenvalue weighted by Gasteiger charge is -2.10. The van der Waals surface area contributed by atoms with E-state index >= 15 is 0 Å². The maximum atomic E-state index is 3.50. The topological polar surface area (TPSA) is 0 Å². The van der Waals surface area contributed by atoms with Crippen molar-refractivity contribution in [2.24, 2.45) is 0 Å². The van der Waals surface area contributed by atoms with Gasteiger partial charge >= 0.3 is 0 Å². The Morgan fingerprint density at radius 2 is 0.692 bits per heavy atom. The molecule has 0 nitrogen and oxygen atoms in total. The fraction of sp³-hybridized carbons (Fsp3) is 0.211. The van der Waals surface area contributed by atoms with Gasteiger partial charge in [0.15, 0.2) is 0 Å². The van der Waals surface area contributed by atoms with Gasteiger partial charge < -0.3 is 0 Å². The Kier molecular flexibility index (Phi) is 16.9. The fourth-order valence-corrected chi connectivity index (χ4v) is 4.12. The number of aryl methyl sites for hydroxylation is 6. The highest BCUT2D eigenvalue weighted by Crippen LogP contribution is 2.29. The molecule has 1 heteroatoms. The van der Waals surface area contributed by atoms with Crippen LogP contribution in [0.25, 0.3) is 11.1 Å². The van der Waals surface area contributed by atoms with Gasteiger partial charge in [0.05, 0.1) is 0 Å². The van der Waals surface area contributed by atoms with Crippen molar-refractivity contribution < 1.29 is 0 Å². The van der Waals surface area contributed by atoms with E-state index in [-0.39, 0.29) is 0 Å². The van der Waals surface area contributed by atoms with Crippen molar-refractivity contribution in [3.8, 4) is 11.1 Å². The SMILES string of the molecule is CC.Cc1ccc(-c2ccc(Br)cc2C)c(C)c1.Cc1ccccc1.Cc1ccccc1.Cc1ccccc1. The molecular weight excluding hydrogens is 536 g/mol. The van der Waals surface area contributed by atoms with E-state index in [9.17, 15) is 0 Å². The van der Waals surface area contributed by atoms with Gasteiger partial charge in [-0.25, -0.2) is 0 Å². The lowest BCUT2D eigenvalue weighted by molar-refractivity contribution is 1.36. The minimum atomic E-state index is 1.14. The van der Waals surface area contributed by atoms with E-state index < -0.39 is 0 Å². The molecule has 39 heavy (non-hydrogen) atoms. The van der Waals surface area contributed by atoms with Crippen molar-refractivity contribution in [2.75, 3.05) is 0 Å². The van der Waals surface area contributed by atoms with Crippen LogP contribution < -0.4 is 0 Å². The lowest BCUT2D eigenvalue weighted by atomic mass is 9.95. The van der Waals surface area contributed by atoms with Gasteiger partial charge in [0, 0.05) is 4.47 Å². The zero-order chi connectivity index (χ0) is 29.0. The highest BCUT2D eigenvalue weighted by Gasteiger charge is 2.05. The second-order valence-corrected chi connectivity index (χ2v) is 10.2. The molecule has 204 valence electrons. The fourth-order valence-electron chi connectivity index (χ4n) is 3.65. The van der Waals surface area contributed by atoms with E-state index in [4.69, 9.17) is 0 Å². The van der Waals surface area contributed by atoms with Crippen LogP contribution in [-0.2, 0) is 0 Å². The first-order valence-corrected chi connectivity index (χ1v) is 14.4. The van der Waals surface area contributed by atoms with E-state index in [0.29, 0.717) is 0 Å². The molecule has 0 saturated carbocycles. The molecule has 5 aromatic rings. The van der Waals surface area contributed by atoms with Crippen molar-refractivity contribution in [1.29, 1.82) is 0 Å². The van der Waals surface area contributed by atoms with Gasteiger partial charge in [-0.2, -0.15) is 0 Å². The van der Waals surface area contributed by atoms with Crippen LogP contribution in [0.15, 0.2) is 132 Å². The van der Waals surface area contributed by atoms with Gasteiger partial charge in [-0.15, -0.1) is 0 Å². The van der Waals surface area contributed by atoms with Crippen LogP contribution in [0.4, 0.5) is 0 Å². The van der Waals surface area contributed by atoms with Crippen LogP contribution in [0.1, 0.15) is 47.2 Å². The summed E-state index contributed by atoms with van der Waals surface area (Å²) in [6.07, 6.45) is 0. The molecule has 5 aromatic carbocycles. The van der Waals surface area contributed by atoms with Gasteiger partial charge in [0.2, 0.25) is 0 Å². The molecule has 0 aromatic heterocycles. The van der Waals surface area contributed by atoms with Gasteiger partial charge in [-0.1, -0.05) is 167 Å². The summed E-state index contributed by atoms with van der Waals surface area (Å²) in [7, 11) is 0. The Balaban J connectivity index is 0.000000277. The Hall–Kier alpha value is -3.42. The third kappa shape index (κ3) is 14.3. The van der Waals surface area contributed by atoms with E-state index in [2.05, 4.69) is 130 Å². The molecule has 0 fully saturated rings. The lowest BCUT2D eigenvalue weighted by Crippen LogP contribution is -1.87. The second kappa shape index (κ2) is 19.6. The summed E-state index contributed by atoms with van der Waals surface area (Å²) in [5, 5.41) is 0. The summed E-state index contributed by atoms with van der Waals surface area (Å²) in [6, 6.07) is 43.8. The highest BCUT2D eigenvalue weighted by atomic mass is 79.9. The average molecular weight is 582 g/mol. The molecule has 0 saturated heterocycles. The first-order chi connectivity index (χ1) is 18.8. The Morgan fingerprint density at radius 3 is 0.974 bits per heavy atom. The molecule has 0 aliphatic heterocycles.